The molecular weight excluding hydrogens is 242 g/mol. The minimum absolute atomic E-state index is 0.716. The first-order valence-corrected chi connectivity index (χ1v) is 6.40. The summed E-state index contributed by atoms with van der Waals surface area (Å²) < 4.78 is 9.02. The van der Waals surface area contributed by atoms with E-state index >= 15 is 0 Å². The van der Waals surface area contributed by atoms with E-state index in [1.54, 1.807) is 7.11 Å². The minimum atomic E-state index is 0.716. The topological polar surface area (TPSA) is 56.9 Å². The van der Waals surface area contributed by atoms with Gasteiger partial charge in [0.1, 0.15) is 5.82 Å². The van der Waals surface area contributed by atoms with E-state index in [0.717, 1.165) is 31.2 Å². The van der Waals surface area contributed by atoms with E-state index in [4.69, 9.17) is 4.74 Å². The number of nitrogens with zero attached hydrogens (tertiary/aromatic N) is 4. The first-order chi connectivity index (χ1) is 9.20. The standard InChI is InChI=1S/C13H21N5O/c1-11-15-9-13(8-14-5-7-19-3)18(11)10-12-4-6-17(2)16-12/h4,6,9,14H,5,7-8,10H2,1-3H3. The van der Waals surface area contributed by atoms with Crippen LogP contribution in [0.5, 0.6) is 0 Å². The Bertz CT molecular complexity index is 517. The third kappa shape index (κ3) is 3.65. The average Bonchev–Trinajstić information content (AvgIpc) is 2.95. The molecule has 0 atom stereocenters. The van der Waals surface area contributed by atoms with Gasteiger partial charge in [0.05, 0.1) is 24.5 Å². The van der Waals surface area contributed by atoms with Gasteiger partial charge in [-0.15, -0.1) is 0 Å². The van der Waals surface area contributed by atoms with E-state index in [1.807, 2.05) is 37.1 Å². The van der Waals surface area contributed by atoms with Gasteiger partial charge < -0.3 is 14.6 Å². The zero-order chi connectivity index (χ0) is 13.7. The van der Waals surface area contributed by atoms with Gasteiger partial charge in [0.15, 0.2) is 0 Å². The summed E-state index contributed by atoms with van der Waals surface area (Å²) in [6.07, 6.45) is 3.87. The highest BCUT2D eigenvalue weighted by molar-refractivity contribution is 5.09. The highest BCUT2D eigenvalue weighted by Gasteiger charge is 2.08. The molecule has 2 aromatic heterocycles. The Morgan fingerprint density at radius 1 is 1.42 bits per heavy atom. The second-order valence-electron chi connectivity index (χ2n) is 4.53. The number of hydrogen-bond acceptors (Lipinski definition) is 4. The number of aryl methyl sites for hydroxylation is 2. The molecule has 0 bridgehead atoms. The fraction of sp³-hybridized carbons (Fsp3) is 0.538. The Labute approximate surface area is 113 Å². The number of rotatable bonds is 7. The lowest BCUT2D eigenvalue weighted by Gasteiger charge is -2.09. The van der Waals surface area contributed by atoms with Gasteiger partial charge in [-0.1, -0.05) is 0 Å². The summed E-state index contributed by atoms with van der Waals surface area (Å²) in [4.78, 5) is 4.38. The molecule has 2 heterocycles. The minimum Gasteiger partial charge on any atom is -0.383 e. The molecule has 104 valence electrons. The second kappa shape index (κ2) is 6.49. The van der Waals surface area contributed by atoms with Crippen LogP contribution in [-0.2, 0) is 24.9 Å². The number of imidazole rings is 1. The Morgan fingerprint density at radius 3 is 2.95 bits per heavy atom. The highest BCUT2D eigenvalue weighted by Crippen LogP contribution is 2.08. The SMILES string of the molecule is COCCNCc1cnc(C)n1Cc1ccn(C)n1. The van der Waals surface area contributed by atoms with Gasteiger partial charge in [0.25, 0.3) is 0 Å². The van der Waals surface area contributed by atoms with Crippen molar-refractivity contribution in [1.29, 1.82) is 0 Å². The van der Waals surface area contributed by atoms with E-state index in [0.29, 0.717) is 6.61 Å². The third-order valence-corrected chi connectivity index (χ3v) is 3.02. The molecule has 2 aromatic rings. The van der Waals surface area contributed by atoms with Crippen molar-refractivity contribution >= 4 is 0 Å². The Hall–Kier alpha value is -1.66. The van der Waals surface area contributed by atoms with Gasteiger partial charge in [0.2, 0.25) is 0 Å². The molecule has 0 saturated carbocycles. The molecule has 6 heteroatoms. The van der Waals surface area contributed by atoms with Crippen molar-refractivity contribution in [1.82, 2.24) is 24.6 Å². The van der Waals surface area contributed by atoms with Crippen LogP contribution in [0.25, 0.3) is 0 Å². The maximum Gasteiger partial charge on any atom is 0.106 e. The maximum atomic E-state index is 5.02. The summed E-state index contributed by atoms with van der Waals surface area (Å²) in [5.41, 5.74) is 2.21. The van der Waals surface area contributed by atoms with Gasteiger partial charge in [-0.05, 0) is 13.0 Å². The summed E-state index contributed by atoms with van der Waals surface area (Å²) in [6, 6.07) is 2.03. The molecule has 0 aromatic carbocycles. The zero-order valence-electron chi connectivity index (χ0n) is 11.8. The Morgan fingerprint density at radius 2 is 2.26 bits per heavy atom. The van der Waals surface area contributed by atoms with E-state index in [2.05, 4.69) is 20.0 Å². The van der Waals surface area contributed by atoms with Crippen LogP contribution in [0, 0.1) is 6.92 Å². The van der Waals surface area contributed by atoms with Crippen molar-refractivity contribution in [2.45, 2.75) is 20.0 Å². The summed E-state index contributed by atoms with van der Waals surface area (Å²) in [5, 5.41) is 7.74. The van der Waals surface area contributed by atoms with Gasteiger partial charge in [-0.3, -0.25) is 4.68 Å². The van der Waals surface area contributed by atoms with Crippen molar-refractivity contribution in [3.05, 3.63) is 35.7 Å². The first kappa shape index (κ1) is 13.8. The lowest BCUT2D eigenvalue weighted by Crippen LogP contribution is -2.21. The summed E-state index contributed by atoms with van der Waals surface area (Å²) in [6.45, 7) is 5.12. The lowest BCUT2D eigenvalue weighted by molar-refractivity contribution is 0.199. The van der Waals surface area contributed by atoms with E-state index in [-0.39, 0.29) is 0 Å². The monoisotopic (exact) mass is 263 g/mol. The average molecular weight is 263 g/mol. The van der Waals surface area contributed by atoms with Crippen LogP contribution in [0.1, 0.15) is 17.2 Å². The van der Waals surface area contributed by atoms with Crippen LogP contribution in [0.2, 0.25) is 0 Å². The molecule has 0 amide bonds. The molecule has 0 radical (unpaired) electrons. The van der Waals surface area contributed by atoms with E-state index in [1.165, 1.54) is 5.69 Å². The van der Waals surface area contributed by atoms with E-state index in [9.17, 15) is 0 Å². The largest absolute Gasteiger partial charge is 0.383 e. The van der Waals surface area contributed by atoms with Crippen molar-refractivity contribution in [2.75, 3.05) is 20.3 Å². The predicted molar refractivity (Wildman–Crippen MR) is 72.9 cm³/mol. The number of nitrogens with one attached hydrogen (secondary N) is 1. The second-order valence-corrected chi connectivity index (χ2v) is 4.53. The van der Waals surface area contributed by atoms with Gasteiger partial charge in [-0.25, -0.2) is 4.98 Å². The molecule has 6 nitrogen and oxygen atoms in total. The van der Waals surface area contributed by atoms with Crippen LogP contribution in [-0.4, -0.2) is 39.6 Å². The summed E-state index contributed by atoms with van der Waals surface area (Å²) in [5.74, 6) is 1.01. The van der Waals surface area contributed by atoms with Crippen molar-refractivity contribution in [2.24, 2.45) is 7.05 Å². The van der Waals surface area contributed by atoms with Crippen molar-refractivity contribution < 1.29 is 4.74 Å². The van der Waals surface area contributed by atoms with E-state index < -0.39 is 0 Å². The highest BCUT2D eigenvalue weighted by atomic mass is 16.5. The normalized spacial score (nSPS) is 11.1. The molecule has 1 N–H and O–H groups in total. The molecule has 0 aliphatic rings. The number of aromatic nitrogens is 4. The van der Waals surface area contributed by atoms with Crippen LogP contribution in [0.4, 0.5) is 0 Å². The van der Waals surface area contributed by atoms with Gasteiger partial charge in [-0.2, -0.15) is 5.10 Å². The fourth-order valence-corrected chi connectivity index (χ4v) is 1.97. The molecule has 0 spiro atoms. The Balaban J connectivity index is 2.00. The van der Waals surface area contributed by atoms with Crippen molar-refractivity contribution in [3.63, 3.8) is 0 Å². The number of ether oxygens (including phenoxy) is 1. The molecule has 0 saturated heterocycles. The smallest absolute Gasteiger partial charge is 0.106 e. The lowest BCUT2D eigenvalue weighted by atomic mass is 10.3. The van der Waals surface area contributed by atoms with Gasteiger partial charge >= 0.3 is 0 Å². The van der Waals surface area contributed by atoms with Crippen molar-refractivity contribution in [3.8, 4) is 0 Å². The molecule has 2 rings (SSSR count). The molecule has 0 aliphatic heterocycles. The summed E-state index contributed by atoms with van der Waals surface area (Å²) >= 11 is 0. The molecule has 19 heavy (non-hydrogen) atoms. The third-order valence-electron chi connectivity index (χ3n) is 3.02. The maximum absolute atomic E-state index is 5.02. The van der Waals surface area contributed by atoms with Crippen LogP contribution < -0.4 is 5.32 Å². The van der Waals surface area contributed by atoms with Crippen LogP contribution in [0.3, 0.4) is 0 Å². The molecule has 0 unspecified atom stereocenters. The Kier molecular flexibility index (Phi) is 4.70. The van der Waals surface area contributed by atoms with Gasteiger partial charge in [0, 0.05) is 39.6 Å². The number of hydrogen-bond donors (Lipinski definition) is 1. The fourth-order valence-electron chi connectivity index (χ4n) is 1.97. The zero-order valence-corrected chi connectivity index (χ0v) is 11.8. The molecule has 0 fully saturated rings. The molecule has 0 aliphatic carbocycles. The summed E-state index contributed by atoms with van der Waals surface area (Å²) in [7, 11) is 3.63. The van der Waals surface area contributed by atoms with Crippen LogP contribution in [0.15, 0.2) is 18.5 Å². The first-order valence-electron chi connectivity index (χ1n) is 6.40. The van der Waals surface area contributed by atoms with Crippen LogP contribution >= 0.6 is 0 Å². The quantitative estimate of drug-likeness (QED) is 0.748. The predicted octanol–water partition coefficient (Wildman–Crippen LogP) is 0.709. The number of methoxy groups -OCH3 is 1. The molecular formula is C13H21N5O.